The number of aromatic nitrogens is 5. The Morgan fingerprint density at radius 3 is 1.98 bits per heavy atom. The lowest BCUT2D eigenvalue weighted by molar-refractivity contribution is 1.18. The van der Waals surface area contributed by atoms with Crippen molar-refractivity contribution in [1.29, 1.82) is 0 Å². The summed E-state index contributed by atoms with van der Waals surface area (Å²) in [6.45, 7) is 0. The van der Waals surface area contributed by atoms with E-state index in [1.54, 1.807) is 0 Å². The first-order valence-corrected chi connectivity index (χ1v) is 14.0. The molecule has 9 aromatic rings. The Labute approximate surface area is 241 Å². The molecule has 42 heavy (non-hydrogen) atoms. The molecule has 0 radical (unpaired) electrons. The van der Waals surface area contributed by atoms with E-state index in [0.717, 1.165) is 61.3 Å². The molecule has 9 rings (SSSR count). The predicted octanol–water partition coefficient (Wildman–Crippen LogP) is 8.86. The van der Waals surface area contributed by atoms with Crippen LogP contribution >= 0.6 is 0 Å². The number of para-hydroxylation sites is 2. The smallest absolute Gasteiger partial charge is 0.149 e. The lowest BCUT2D eigenvalue weighted by Gasteiger charge is -2.10. The SMILES string of the molecule is c1ccc(-c2c(-c3ccc4c(c3)c3ccccc3n4-c3ccccc3)nc3c4cccnc4c4cccnc4n23)cc1. The van der Waals surface area contributed by atoms with Gasteiger partial charge in [0.2, 0.25) is 0 Å². The molecule has 0 spiro atoms. The fraction of sp³-hybridized carbons (Fsp3) is 0. The Balaban J connectivity index is 1.42. The second-order valence-corrected chi connectivity index (χ2v) is 10.5. The van der Waals surface area contributed by atoms with Crippen molar-refractivity contribution < 1.29 is 0 Å². The average molecular weight is 538 g/mol. The molecule has 5 nitrogen and oxygen atoms in total. The maximum absolute atomic E-state index is 5.37. The number of rotatable bonds is 3. The van der Waals surface area contributed by atoms with E-state index in [1.807, 2.05) is 30.6 Å². The van der Waals surface area contributed by atoms with Gasteiger partial charge in [-0.1, -0.05) is 72.8 Å². The van der Waals surface area contributed by atoms with Crippen molar-refractivity contribution in [3.63, 3.8) is 0 Å². The summed E-state index contributed by atoms with van der Waals surface area (Å²) in [4.78, 5) is 15.0. The van der Waals surface area contributed by atoms with Crippen molar-refractivity contribution in [2.24, 2.45) is 0 Å². The summed E-state index contributed by atoms with van der Waals surface area (Å²) in [7, 11) is 0. The Morgan fingerprint density at radius 2 is 1.14 bits per heavy atom. The number of imidazole rings is 1. The van der Waals surface area contributed by atoms with Gasteiger partial charge >= 0.3 is 0 Å². The molecule has 0 fully saturated rings. The normalized spacial score (nSPS) is 11.8. The largest absolute Gasteiger partial charge is 0.309 e. The van der Waals surface area contributed by atoms with Crippen LogP contribution in [0, 0.1) is 0 Å². The van der Waals surface area contributed by atoms with Crippen molar-refractivity contribution in [3.05, 3.63) is 140 Å². The topological polar surface area (TPSA) is 48.0 Å². The molecule has 0 amide bonds. The molecule has 0 unspecified atom stereocenters. The van der Waals surface area contributed by atoms with E-state index >= 15 is 0 Å². The Morgan fingerprint density at radius 1 is 0.476 bits per heavy atom. The fourth-order valence-corrected chi connectivity index (χ4v) is 6.41. The summed E-state index contributed by atoms with van der Waals surface area (Å²) in [6, 6.07) is 44.5. The molecule has 0 atom stereocenters. The van der Waals surface area contributed by atoms with Gasteiger partial charge in [-0.2, -0.15) is 0 Å². The first-order valence-electron chi connectivity index (χ1n) is 14.0. The van der Waals surface area contributed by atoms with E-state index in [9.17, 15) is 0 Å². The molecule has 0 bridgehead atoms. The van der Waals surface area contributed by atoms with Crippen molar-refractivity contribution in [3.8, 4) is 28.2 Å². The van der Waals surface area contributed by atoms with Crippen LogP contribution in [0.5, 0.6) is 0 Å². The van der Waals surface area contributed by atoms with Gasteiger partial charge in [0.1, 0.15) is 11.3 Å². The van der Waals surface area contributed by atoms with E-state index in [1.165, 1.54) is 16.3 Å². The molecule has 4 aromatic carbocycles. The summed E-state index contributed by atoms with van der Waals surface area (Å²) in [6.07, 6.45) is 3.68. The zero-order valence-corrected chi connectivity index (χ0v) is 22.5. The zero-order valence-electron chi connectivity index (χ0n) is 22.5. The van der Waals surface area contributed by atoms with Gasteiger partial charge in [-0.3, -0.25) is 9.38 Å². The van der Waals surface area contributed by atoms with Crippen molar-refractivity contribution in [2.45, 2.75) is 0 Å². The minimum Gasteiger partial charge on any atom is -0.309 e. The van der Waals surface area contributed by atoms with Gasteiger partial charge in [0, 0.05) is 50.8 Å². The van der Waals surface area contributed by atoms with Crippen LogP contribution in [-0.2, 0) is 0 Å². The molecule has 5 heteroatoms. The lowest BCUT2D eigenvalue weighted by atomic mass is 10.0. The molecular formula is C37H23N5. The number of hydrogen-bond donors (Lipinski definition) is 0. The average Bonchev–Trinajstić information content (AvgIpc) is 3.63. The molecule has 196 valence electrons. The highest BCUT2D eigenvalue weighted by atomic mass is 15.1. The quantitative estimate of drug-likeness (QED) is 0.212. The minimum atomic E-state index is 0.845. The van der Waals surface area contributed by atoms with Crippen LogP contribution < -0.4 is 0 Å². The van der Waals surface area contributed by atoms with Crippen LogP contribution in [0.2, 0.25) is 0 Å². The summed E-state index contributed by atoms with van der Waals surface area (Å²) < 4.78 is 4.55. The number of hydrogen-bond acceptors (Lipinski definition) is 3. The number of nitrogens with zero attached hydrogens (tertiary/aromatic N) is 5. The van der Waals surface area contributed by atoms with Gasteiger partial charge in [0.15, 0.2) is 0 Å². The van der Waals surface area contributed by atoms with Crippen LogP contribution in [0.15, 0.2) is 140 Å². The molecule has 0 aliphatic heterocycles. The molecule has 5 aromatic heterocycles. The van der Waals surface area contributed by atoms with Gasteiger partial charge in [-0.15, -0.1) is 0 Å². The molecule has 5 heterocycles. The third-order valence-electron chi connectivity index (χ3n) is 8.19. The van der Waals surface area contributed by atoms with Gasteiger partial charge in [-0.25, -0.2) is 9.97 Å². The van der Waals surface area contributed by atoms with Crippen LogP contribution in [0.25, 0.3) is 77.6 Å². The summed E-state index contributed by atoms with van der Waals surface area (Å²) in [5.74, 6) is 0. The van der Waals surface area contributed by atoms with Crippen LogP contribution in [0.4, 0.5) is 0 Å². The third kappa shape index (κ3) is 3.22. The molecule has 0 saturated heterocycles. The maximum atomic E-state index is 5.37. The summed E-state index contributed by atoms with van der Waals surface area (Å²) in [5.41, 5.74) is 10.2. The zero-order chi connectivity index (χ0) is 27.6. The third-order valence-corrected chi connectivity index (χ3v) is 8.19. The van der Waals surface area contributed by atoms with Gasteiger partial charge in [-0.05, 0) is 54.6 Å². The first-order chi connectivity index (χ1) is 20.9. The van der Waals surface area contributed by atoms with E-state index < -0.39 is 0 Å². The lowest BCUT2D eigenvalue weighted by Crippen LogP contribution is -1.97. The Bertz CT molecular complexity index is 2450. The van der Waals surface area contributed by atoms with E-state index in [2.05, 4.69) is 118 Å². The molecule has 0 aliphatic carbocycles. The van der Waals surface area contributed by atoms with Crippen LogP contribution in [-0.4, -0.2) is 23.9 Å². The van der Waals surface area contributed by atoms with Crippen LogP contribution in [0.3, 0.4) is 0 Å². The first kappa shape index (κ1) is 22.9. The molecule has 0 N–H and O–H groups in total. The maximum Gasteiger partial charge on any atom is 0.149 e. The van der Waals surface area contributed by atoms with Gasteiger partial charge in [0.25, 0.3) is 0 Å². The Kier molecular flexibility index (Phi) is 4.83. The van der Waals surface area contributed by atoms with E-state index in [-0.39, 0.29) is 0 Å². The van der Waals surface area contributed by atoms with Crippen LogP contribution in [0.1, 0.15) is 0 Å². The van der Waals surface area contributed by atoms with Crippen molar-refractivity contribution in [1.82, 2.24) is 23.9 Å². The van der Waals surface area contributed by atoms with E-state index in [4.69, 9.17) is 15.0 Å². The number of fused-ring (bicyclic) bond motifs is 9. The van der Waals surface area contributed by atoms with Crippen molar-refractivity contribution in [2.75, 3.05) is 0 Å². The van der Waals surface area contributed by atoms with Gasteiger partial charge in [0.05, 0.1) is 27.9 Å². The highest BCUT2D eigenvalue weighted by Crippen LogP contribution is 2.40. The predicted molar refractivity (Wildman–Crippen MR) is 171 cm³/mol. The molecular weight excluding hydrogens is 514 g/mol. The molecule has 0 aliphatic rings. The monoisotopic (exact) mass is 537 g/mol. The minimum absolute atomic E-state index is 0.845. The second kappa shape index (κ2) is 8.85. The second-order valence-electron chi connectivity index (χ2n) is 10.5. The number of pyridine rings is 3. The Hall–Kier alpha value is -5.81. The van der Waals surface area contributed by atoms with E-state index in [0.29, 0.717) is 0 Å². The fourth-order valence-electron chi connectivity index (χ4n) is 6.41. The molecule has 0 saturated carbocycles. The summed E-state index contributed by atoms with van der Waals surface area (Å²) >= 11 is 0. The standard InChI is InChI=1S/C37H23N5/c1-3-11-24(12-4-1)35-33(40-37-29-17-9-21-38-34(29)28-16-10-22-39-36(28)42(35)37)25-19-20-32-30(23-25)27-15-7-8-18-31(27)41(32)26-13-5-2-6-14-26/h1-23H. The highest BCUT2D eigenvalue weighted by Gasteiger charge is 2.22. The van der Waals surface area contributed by atoms with Crippen molar-refractivity contribution >= 4 is 49.4 Å². The summed E-state index contributed by atoms with van der Waals surface area (Å²) in [5, 5.41) is 4.41. The highest BCUT2D eigenvalue weighted by molar-refractivity contribution is 6.12. The number of benzene rings is 4. The van der Waals surface area contributed by atoms with Gasteiger partial charge < -0.3 is 4.57 Å².